The predicted octanol–water partition coefficient (Wildman–Crippen LogP) is 3.40. The molecule has 3 rings (SSSR count). The van der Waals surface area contributed by atoms with Gasteiger partial charge in [0.25, 0.3) is 0 Å². The van der Waals surface area contributed by atoms with Crippen molar-refractivity contribution in [1.29, 1.82) is 0 Å². The van der Waals surface area contributed by atoms with Crippen molar-refractivity contribution in [2.45, 2.75) is 25.5 Å². The fourth-order valence-electron chi connectivity index (χ4n) is 2.47. The molecule has 0 aliphatic heterocycles. The summed E-state index contributed by atoms with van der Waals surface area (Å²) in [5, 5.41) is 17.2. The van der Waals surface area contributed by atoms with Crippen LogP contribution in [0.25, 0.3) is 0 Å². The molecule has 2 aromatic rings. The molecule has 1 aliphatic rings. The maximum Gasteiger partial charge on any atom is 0.317 e. The monoisotopic (exact) mass is 330 g/mol. The first kappa shape index (κ1) is 16.0. The van der Waals surface area contributed by atoms with Crippen LogP contribution < -0.4 is 5.32 Å². The van der Waals surface area contributed by atoms with Crippen LogP contribution in [0.4, 0.5) is 4.79 Å². The van der Waals surface area contributed by atoms with Gasteiger partial charge >= 0.3 is 6.03 Å². The molecule has 0 spiro atoms. The molecule has 1 aromatic heterocycles. The summed E-state index contributed by atoms with van der Waals surface area (Å²) < 4.78 is 0. The molecular weight excluding hydrogens is 308 g/mol. The normalized spacial score (nSPS) is 15.2. The Morgan fingerprint density at radius 2 is 2.09 bits per heavy atom. The van der Waals surface area contributed by atoms with Crippen LogP contribution in [-0.4, -0.2) is 29.1 Å². The van der Waals surface area contributed by atoms with Gasteiger partial charge in [0.2, 0.25) is 0 Å². The van der Waals surface area contributed by atoms with E-state index < -0.39 is 6.10 Å². The molecule has 2 N–H and O–H groups in total. The Hall–Kier alpha value is -1.85. The Bertz CT molecular complexity index is 611. The summed E-state index contributed by atoms with van der Waals surface area (Å²) in [4.78, 5) is 14.2. The molecule has 1 atom stereocenters. The first-order chi connectivity index (χ1) is 11.2. The molecule has 1 aromatic carbocycles. The zero-order valence-corrected chi connectivity index (χ0v) is 13.8. The van der Waals surface area contributed by atoms with Gasteiger partial charge in [0.15, 0.2) is 0 Å². The van der Waals surface area contributed by atoms with Crippen molar-refractivity contribution in [2.75, 3.05) is 13.1 Å². The van der Waals surface area contributed by atoms with Crippen molar-refractivity contribution in [3.63, 3.8) is 0 Å². The van der Waals surface area contributed by atoms with Gasteiger partial charge in [-0.2, -0.15) is 11.3 Å². The number of aliphatic hydroxyl groups is 1. The average Bonchev–Trinajstić information content (AvgIpc) is 3.23. The number of benzene rings is 1. The van der Waals surface area contributed by atoms with Crippen LogP contribution in [0.2, 0.25) is 0 Å². The molecule has 0 bridgehead atoms. The van der Waals surface area contributed by atoms with E-state index in [1.807, 2.05) is 47.2 Å². The summed E-state index contributed by atoms with van der Waals surface area (Å²) in [6.07, 6.45) is 1.75. The smallest absolute Gasteiger partial charge is 0.317 e. The molecule has 0 radical (unpaired) electrons. The van der Waals surface area contributed by atoms with Crippen LogP contribution in [0.1, 0.15) is 30.1 Å². The predicted molar refractivity (Wildman–Crippen MR) is 92.3 cm³/mol. The number of hydrogen-bond acceptors (Lipinski definition) is 3. The van der Waals surface area contributed by atoms with Crippen molar-refractivity contribution in [3.05, 3.63) is 58.3 Å². The van der Waals surface area contributed by atoms with E-state index >= 15 is 0 Å². The lowest BCUT2D eigenvalue weighted by atomic mass is 10.1. The number of hydrogen-bond donors (Lipinski definition) is 2. The number of nitrogens with zero attached hydrogens (tertiary/aromatic N) is 1. The third-order valence-electron chi connectivity index (χ3n) is 4.06. The molecule has 23 heavy (non-hydrogen) atoms. The number of rotatable bonds is 7. The van der Waals surface area contributed by atoms with E-state index in [9.17, 15) is 9.90 Å². The van der Waals surface area contributed by atoms with Crippen LogP contribution in [0.3, 0.4) is 0 Å². The number of carbonyl (C=O) groups is 1. The van der Waals surface area contributed by atoms with E-state index in [-0.39, 0.29) is 6.03 Å². The Morgan fingerprint density at radius 3 is 2.74 bits per heavy atom. The summed E-state index contributed by atoms with van der Waals surface area (Å²) >= 11 is 1.55. The molecule has 2 amide bonds. The Morgan fingerprint density at radius 1 is 1.30 bits per heavy atom. The number of nitrogens with one attached hydrogen (secondary N) is 1. The Kier molecular flexibility index (Phi) is 5.31. The highest BCUT2D eigenvalue weighted by atomic mass is 32.1. The quantitative estimate of drug-likeness (QED) is 0.817. The first-order valence-corrected chi connectivity index (χ1v) is 8.93. The lowest BCUT2D eigenvalue weighted by Gasteiger charge is -2.25. The van der Waals surface area contributed by atoms with Crippen LogP contribution in [-0.2, 0) is 6.54 Å². The highest BCUT2D eigenvalue weighted by Crippen LogP contribution is 2.27. The molecule has 0 saturated heterocycles. The van der Waals surface area contributed by atoms with Crippen molar-refractivity contribution in [2.24, 2.45) is 5.92 Å². The van der Waals surface area contributed by atoms with E-state index in [1.54, 1.807) is 16.2 Å². The zero-order valence-electron chi connectivity index (χ0n) is 13.0. The van der Waals surface area contributed by atoms with E-state index in [0.29, 0.717) is 19.0 Å². The maximum atomic E-state index is 12.5. The first-order valence-electron chi connectivity index (χ1n) is 7.99. The Balaban J connectivity index is 1.65. The second-order valence-corrected chi connectivity index (χ2v) is 6.85. The van der Waals surface area contributed by atoms with Gasteiger partial charge in [0.05, 0.1) is 12.6 Å². The van der Waals surface area contributed by atoms with E-state index in [2.05, 4.69) is 5.32 Å². The summed E-state index contributed by atoms with van der Waals surface area (Å²) in [5.74, 6) is 0.638. The highest BCUT2D eigenvalue weighted by molar-refractivity contribution is 7.07. The summed E-state index contributed by atoms with van der Waals surface area (Å²) in [6, 6.07) is 11.7. The standard InChI is InChI=1S/C18H22N2O2S/c21-17(16-8-9-23-13-16)12-20(11-15-4-2-1-3-5-15)18(22)19-10-14-6-7-14/h1-5,8-9,13-14,17,21H,6-7,10-12H2,(H,19,22). The molecule has 1 heterocycles. The number of carbonyl (C=O) groups excluding carboxylic acids is 1. The Labute approximate surface area is 140 Å². The summed E-state index contributed by atoms with van der Waals surface area (Å²) in [5.41, 5.74) is 1.93. The largest absolute Gasteiger partial charge is 0.387 e. The van der Waals surface area contributed by atoms with Crippen molar-refractivity contribution < 1.29 is 9.90 Å². The number of urea groups is 1. The molecular formula is C18H22N2O2S. The highest BCUT2D eigenvalue weighted by Gasteiger charge is 2.24. The topological polar surface area (TPSA) is 52.6 Å². The summed E-state index contributed by atoms with van der Waals surface area (Å²) in [7, 11) is 0. The lowest BCUT2D eigenvalue weighted by molar-refractivity contribution is 0.118. The molecule has 1 fully saturated rings. The molecule has 4 nitrogen and oxygen atoms in total. The second kappa shape index (κ2) is 7.62. The average molecular weight is 330 g/mol. The van der Waals surface area contributed by atoms with Crippen LogP contribution in [0.15, 0.2) is 47.2 Å². The van der Waals surface area contributed by atoms with Gasteiger partial charge in [-0.3, -0.25) is 0 Å². The van der Waals surface area contributed by atoms with Gasteiger partial charge in [-0.1, -0.05) is 30.3 Å². The maximum absolute atomic E-state index is 12.5. The third kappa shape index (κ3) is 4.81. The van der Waals surface area contributed by atoms with Crippen molar-refractivity contribution in [1.82, 2.24) is 10.2 Å². The fourth-order valence-corrected chi connectivity index (χ4v) is 3.17. The van der Waals surface area contributed by atoms with Crippen LogP contribution in [0, 0.1) is 5.92 Å². The second-order valence-electron chi connectivity index (χ2n) is 6.07. The molecule has 1 saturated carbocycles. The molecule has 5 heteroatoms. The number of thiophene rings is 1. The SMILES string of the molecule is O=C(NCC1CC1)N(Cc1ccccc1)CC(O)c1ccsc1. The zero-order chi connectivity index (χ0) is 16.1. The minimum Gasteiger partial charge on any atom is -0.387 e. The van der Waals surface area contributed by atoms with Crippen LogP contribution in [0.5, 0.6) is 0 Å². The molecule has 1 aliphatic carbocycles. The number of amides is 2. The minimum absolute atomic E-state index is 0.102. The fraction of sp³-hybridized carbons (Fsp3) is 0.389. The molecule has 122 valence electrons. The van der Waals surface area contributed by atoms with E-state index in [0.717, 1.165) is 17.7 Å². The third-order valence-corrected chi connectivity index (χ3v) is 4.77. The van der Waals surface area contributed by atoms with Crippen molar-refractivity contribution in [3.8, 4) is 0 Å². The van der Waals surface area contributed by atoms with Crippen molar-refractivity contribution >= 4 is 17.4 Å². The molecule has 1 unspecified atom stereocenters. The van der Waals surface area contributed by atoms with Gasteiger partial charge in [-0.05, 0) is 46.7 Å². The van der Waals surface area contributed by atoms with Gasteiger partial charge < -0.3 is 15.3 Å². The van der Waals surface area contributed by atoms with Gasteiger partial charge in [0, 0.05) is 13.1 Å². The van der Waals surface area contributed by atoms with E-state index in [1.165, 1.54) is 12.8 Å². The van der Waals surface area contributed by atoms with Crippen LogP contribution >= 0.6 is 11.3 Å². The summed E-state index contributed by atoms with van der Waals surface area (Å²) in [6.45, 7) is 1.53. The minimum atomic E-state index is -0.656. The van der Waals surface area contributed by atoms with Gasteiger partial charge in [0.1, 0.15) is 0 Å². The lowest BCUT2D eigenvalue weighted by Crippen LogP contribution is -2.42. The number of aliphatic hydroxyl groups excluding tert-OH is 1. The van der Waals surface area contributed by atoms with E-state index in [4.69, 9.17) is 0 Å². The van der Waals surface area contributed by atoms with Gasteiger partial charge in [-0.15, -0.1) is 0 Å². The van der Waals surface area contributed by atoms with Gasteiger partial charge in [-0.25, -0.2) is 4.79 Å².